The molecule has 0 unspecified atom stereocenters. The van der Waals surface area contributed by atoms with E-state index < -0.39 is 9.84 Å². The van der Waals surface area contributed by atoms with Crippen molar-refractivity contribution < 1.29 is 27.4 Å². The number of carbonyl (C=O) groups is 1. The van der Waals surface area contributed by atoms with Crippen LogP contribution in [0.3, 0.4) is 0 Å². The molecule has 1 amide bonds. The van der Waals surface area contributed by atoms with Gasteiger partial charge in [0.1, 0.15) is 0 Å². The number of methoxy groups -OCH3 is 3. The number of amides is 1. The van der Waals surface area contributed by atoms with Gasteiger partial charge in [0.15, 0.2) is 21.3 Å². The summed E-state index contributed by atoms with van der Waals surface area (Å²) in [6.07, 6.45) is 0. The minimum atomic E-state index is -3.43. The van der Waals surface area contributed by atoms with E-state index in [0.717, 1.165) is 5.56 Å². The van der Waals surface area contributed by atoms with Crippen LogP contribution in [-0.2, 0) is 14.6 Å². The number of aryl methyl sites for hydroxylation is 1. The van der Waals surface area contributed by atoms with Gasteiger partial charge in [0.2, 0.25) is 0 Å². The monoisotopic (exact) mass is 393 g/mol. The Labute approximate surface area is 159 Å². The maximum Gasteiger partial charge on any atom is 0.255 e. The van der Waals surface area contributed by atoms with E-state index in [-0.39, 0.29) is 23.2 Å². The first-order chi connectivity index (χ1) is 12.8. The van der Waals surface area contributed by atoms with Gasteiger partial charge >= 0.3 is 0 Å². The van der Waals surface area contributed by atoms with Crippen LogP contribution in [0, 0.1) is 6.92 Å². The molecule has 2 aromatic carbocycles. The van der Waals surface area contributed by atoms with Gasteiger partial charge in [-0.2, -0.15) is 0 Å². The molecule has 7 nitrogen and oxygen atoms in total. The molecule has 8 heteroatoms. The van der Waals surface area contributed by atoms with Gasteiger partial charge in [-0.1, -0.05) is 0 Å². The van der Waals surface area contributed by atoms with Crippen molar-refractivity contribution in [2.75, 3.05) is 39.0 Å². The SMILES string of the molecule is COCCS(=O)(=O)c1ccc(C(=O)Nc2cc(OC)c(OC)cc2C)cc1. The van der Waals surface area contributed by atoms with Crippen molar-refractivity contribution in [3.8, 4) is 11.5 Å². The highest BCUT2D eigenvalue weighted by Gasteiger charge is 2.16. The highest BCUT2D eigenvalue weighted by Crippen LogP contribution is 2.33. The molecule has 1 N–H and O–H groups in total. The smallest absolute Gasteiger partial charge is 0.255 e. The molecule has 0 aliphatic rings. The van der Waals surface area contributed by atoms with Crippen molar-refractivity contribution in [1.82, 2.24) is 0 Å². The second kappa shape index (κ2) is 8.88. The minimum absolute atomic E-state index is 0.111. The number of rotatable bonds is 8. The molecule has 0 saturated carbocycles. The molecule has 27 heavy (non-hydrogen) atoms. The molecule has 0 aliphatic heterocycles. The Kier molecular flexibility index (Phi) is 6.81. The summed E-state index contributed by atoms with van der Waals surface area (Å²) in [5.74, 6) is 0.600. The van der Waals surface area contributed by atoms with E-state index in [4.69, 9.17) is 14.2 Å². The van der Waals surface area contributed by atoms with Gasteiger partial charge in [0, 0.05) is 24.4 Å². The lowest BCUT2D eigenvalue weighted by Gasteiger charge is -2.14. The minimum Gasteiger partial charge on any atom is -0.493 e. The van der Waals surface area contributed by atoms with Crippen LogP contribution in [0.25, 0.3) is 0 Å². The van der Waals surface area contributed by atoms with E-state index in [1.54, 1.807) is 12.1 Å². The van der Waals surface area contributed by atoms with Crippen molar-refractivity contribution in [1.29, 1.82) is 0 Å². The number of sulfone groups is 1. The van der Waals surface area contributed by atoms with Crippen LogP contribution in [-0.4, -0.2) is 48.0 Å². The zero-order valence-electron chi connectivity index (χ0n) is 15.7. The molecule has 0 saturated heterocycles. The molecule has 0 aromatic heterocycles. The Bertz CT molecular complexity index is 907. The summed E-state index contributed by atoms with van der Waals surface area (Å²) in [6, 6.07) is 9.23. The third-order valence-corrected chi connectivity index (χ3v) is 5.71. The molecule has 2 rings (SSSR count). The normalized spacial score (nSPS) is 11.1. The summed E-state index contributed by atoms with van der Waals surface area (Å²) in [5.41, 5.74) is 1.73. The van der Waals surface area contributed by atoms with Gasteiger partial charge in [-0.3, -0.25) is 4.79 Å². The summed E-state index contributed by atoms with van der Waals surface area (Å²) in [5, 5.41) is 2.80. The van der Waals surface area contributed by atoms with Crippen LogP contribution in [0.4, 0.5) is 5.69 Å². The molecule has 0 atom stereocenters. The summed E-state index contributed by atoms with van der Waals surface area (Å²) < 4.78 is 39.6. The zero-order chi connectivity index (χ0) is 20.0. The maximum atomic E-state index is 12.5. The summed E-state index contributed by atoms with van der Waals surface area (Å²) >= 11 is 0. The zero-order valence-corrected chi connectivity index (χ0v) is 16.6. The van der Waals surface area contributed by atoms with Gasteiger partial charge in [-0.25, -0.2) is 8.42 Å². The molecule has 0 heterocycles. The van der Waals surface area contributed by atoms with Crippen molar-refractivity contribution in [3.05, 3.63) is 47.5 Å². The Hall–Kier alpha value is -2.58. The Morgan fingerprint density at radius 1 is 1.00 bits per heavy atom. The molecule has 146 valence electrons. The predicted molar refractivity (Wildman–Crippen MR) is 103 cm³/mol. The third-order valence-electron chi connectivity index (χ3n) is 4.01. The Morgan fingerprint density at radius 2 is 1.59 bits per heavy atom. The lowest BCUT2D eigenvalue weighted by Crippen LogP contribution is -2.14. The van der Waals surface area contributed by atoms with E-state index in [2.05, 4.69) is 5.32 Å². The summed E-state index contributed by atoms with van der Waals surface area (Å²) in [7, 11) is 1.06. The second-order valence-electron chi connectivity index (χ2n) is 5.81. The largest absolute Gasteiger partial charge is 0.493 e. The van der Waals surface area contributed by atoms with E-state index >= 15 is 0 Å². The number of hydrogen-bond acceptors (Lipinski definition) is 6. The molecule has 0 spiro atoms. The van der Waals surface area contributed by atoms with Gasteiger partial charge < -0.3 is 19.5 Å². The van der Waals surface area contributed by atoms with Gasteiger partial charge in [-0.05, 0) is 42.8 Å². The number of anilines is 1. The molecule has 0 fully saturated rings. The quantitative estimate of drug-likeness (QED) is 0.741. The molecule has 2 aromatic rings. The maximum absolute atomic E-state index is 12.5. The predicted octanol–water partition coefficient (Wildman–Crippen LogP) is 2.68. The van der Waals surface area contributed by atoms with Crippen LogP contribution >= 0.6 is 0 Å². The van der Waals surface area contributed by atoms with Crippen LogP contribution in [0.1, 0.15) is 15.9 Å². The highest BCUT2D eigenvalue weighted by molar-refractivity contribution is 7.91. The van der Waals surface area contributed by atoms with E-state index in [1.807, 2.05) is 6.92 Å². The fourth-order valence-electron chi connectivity index (χ4n) is 2.43. The lowest BCUT2D eigenvalue weighted by atomic mass is 10.1. The molecular weight excluding hydrogens is 370 g/mol. The molecule has 0 aliphatic carbocycles. The van der Waals surface area contributed by atoms with Crippen LogP contribution < -0.4 is 14.8 Å². The fourth-order valence-corrected chi connectivity index (χ4v) is 3.61. The molecule has 0 bridgehead atoms. The van der Waals surface area contributed by atoms with Gasteiger partial charge in [-0.15, -0.1) is 0 Å². The van der Waals surface area contributed by atoms with Crippen molar-refractivity contribution in [3.63, 3.8) is 0 Å². The van der Waals surface area contributed by atoms with Crippen molar-refractivity contribution in [2.45, 2.75) is 11.8 Å². The van der Waals surface area contributed by atoms with Gasteiger partial charge in [0.05, 0.1) is 31.5 Å². The first kappa shape index (κ1) is 20.7. The number of hydrogen-bond donors (Lipinski definition) is 1. The number of nitrogens with one attached hydrogen (secondary N) is 1. The van der Waals surface area contributed by atoms with E-state index in [0.29, 0.717) is 22.7 Å². The second-order valence-corrected chi connectivity index (χ2v) is 7.92. The Morgan fingerprint density at radius 3 is 2.15 bits per heavy atom. The highest BCUT2D eigenvalue weighted by atomic mass is 32.2. The standard InChI is InChI=1S/C19H23NO6S/c1-13-11-17(25-3)18(26-4)12-16(13)20-19(21)14-5-7-15(8-6-14)27(22,23)10-9-24-2/h5-8,11-12H,9-10H2,1-4H3,(H,20,21). The van der Waals surface area contributed by atoms with Crippen LogP contribution in [0.5, 0.6) is 11.5 Å². The van der Waals surface area contributed by atoms with E-state index in [1.165, 1.54) is 45.6 Å². The summed E-state index contributed by atoms with van der Waals surface area (Å²) in [6.45, 7) is 1.95. The Balaban J connectivity index is 2.20. The average molecular weight is 393 g/mol. The van der Waals surface area contributed by atoms with E-state index in [9.17, 15) is 13.2 Å². The van der Waals surface area contributed by atoms with Crippen LogP contribution in [0.2, 0.25) is 0 Å². The number of carbonyl (C=O) groups excluding carboxylic acids is 1. The average Bonchev–Trinajstić information content (AvgIpc) is 2.67. The fraction of sp³-hybridized carbons (Fsp3) is 0.316. The molecule has 0 radical (unpaired) electrons. The lowest BCUT2D eigenvalue weighted by molar-refractivity contribution is 0.102. The molecular formula is C19H23NO6S. The topological polar surface area (TPSA) is 90.9 Å². The number of benzene rings is 2. The summed E-state index contributed by atoms with van der Waals surface area (Å²) in [4.78, 5) is 12.7. The van der Waals surface area contributed by atoms with Gasteiger partial charge in [0.25, 0.3) is 5.91 Å². The first-order valence-electron chi connectivity index (χ1n) is 8.18. The number of ether oxygens (including phenoxy) is 3. The van der Waals surface area contributed by atoms with Crippen molar-refractivity contribution >= 4 is 21.4 Å². The van der Waals surface area contributed by atoms with Crippen molar-refractivity contribution in [2.24, 2.45) is 0 Å². The van der Waals surface area contributed by atoms with Crippen LogP contribution in [0.15, 0.2) is 41.3 Å². The first-order valence-corrected chi connectivity index (χ1v) is 9.83. The third kappa shape index (κ3) is 4.99.